The van der Waals surface area contributed by atoms with Gasteiger partial charge in [0, 0.05) is 17.3 Å². The number of carbonyl (C=O) groups excluding carboxylic acids is 1. The molecule has 1 aliphatic rings. The summed E-state index contributed by atoms with van der Waals surface area (Å²) in [4.78, 5) is 16.0. The summed E-state index contributed by atoms with van der Waals surface area (Å²) in [6.45, 7) is 0. The zero-order valence-corrected chi connectivity index (χ0v) is 9.12. The van der Waals surface area contributed by atoms with Crippen molar-refractivity contribution in [2.24, 2.45) is 0 Å². The molecule has 0 radical (unpaired) electrons. The van der Waals surface area contributed by atoms with E-state index in [2.05, 4.69) is 15.6 Å². The van der Waals surface area contributed by atoms with Crippen LogP contribution in [0.4, 0.5) is 5.69 Å². The SMILES string of the molecule is O=C1NC(c2nccs2)Nc2ccccc21. The second-order valence-corrected chi connectivity index (χ2v) is 4.39. The molecule has 0 spiro atoms. The molecule has 2 N–H and O–H groups in total. The molecule has 1 aliphatic heterocycles. The number of amides is 1. The third-order valence-corrected chi connectivity index (χ3v) is 3.29. The number of rotatable bonds is 1. The van der Waals surface area contributed by atoms with E-state index in [9.17, 15) is 4.79 Å². The Morgan fingerprint density at radius 2 is 2.12 bits per heavy atom. The molecule has 0 aliphatic carbocycles. The molecule has 1 aromatic heterocycles. The summed E-state index contributed by atoms with van der Waals surface area (Å²) in [6, 6.07) is 7.46. The van der Waals surface area contributed by atoms with Gasteiger partial charge in [-0.15, -0.1) is 11.3 Å². The van der Waals surface area contributed by atoms with E-state index < -0.39 is 0 Å². The summed E-state index contributed by atoms with van der Waals surface area (Å²) in [5.74, 6) is -0.0606. The second kappa shape index (κ2) is 3.61. The number of fused-ring (bicyclic) bond motifs is 1. The highest BCUT2D eigenvalue weighted by molar-refractivity contribution is 7.09. The van der Waals surface area contributed by atoms with Crippen LogP contribution in [0.1, 0.15) is 21.5 Å². The number of thiazole rings is 1. The molecule has 2 heterocycles. The summed E-state index contributed by atoms with van der Waals surface area (Å²) in [5, 5.41) is 8.87. The van der Waals surface area contributed by atoms with Crippen molar-refractivity contribution in [3.05, 3.63) is 46.4 Å². The fourth-order valence-corrected chi connectivity index (χ4v) is 2.34. The van der Waals surface area contributed by atoms with Gasteiger partial charge in [0.05, 0.1) is 5.56 Å². The lowest BCUT2D eigenvalue weighted by Crippen LogP contribution is -2.38. The molecule has 1 amide bonds. The maximum atomic E-state index is 11.8. The highest BCUT2D eigenvalue weighted by Gasteiger charge is 2.25. The van der Waals surface area contributed by atoms with Crippen molar-refractivity contribution in [2.45, 2.75) is 6.17 Å². The van der Waals surface area contributed by atoms with E-state index in [1.54, 1.807) is 12.3 Å². The highest BCUT2D eigenvalue weighted by atomic mass is 32.1. The van der Waals surface area contributed by atoms with Crippen molar-refractivity contribution in [3.8, 4) is 0 Å². The van der Waals surface area contributed by atoms with Crippen LogP contribution in [0, 0.1) is 0 Å². The van der Waals surface area contributed by atoms with Crippen LogP contribution in [0.15, 0.2) is 35.8 Å². The van der Waals surface area contributed by atoms with E-state index in [1.807, 2.05) is 23.6 Å². The number of nitrogens with one attached hydrogen (secondary N) is 2. The summed E-state index contributed by atoms with van der Waals surface area (Å²) in [7, 11) is 0. The fourth-order valence-electron chi connectivity index (χ4n) is 1.71. The van der Waals surface area contributed by atoms with Crippen LogP contribution >= 0.6 is 11.3 Å². The molecular weight excluding hydrogens is 222 g/mol. The van der Waals surface area contributed by atoms with Crippen LogP contribution in [0.3, 0.4) is 0 Å². The molecule has 0 bridgehead atoms. The van der Waals surface area contributed by atoms with Crippen LogP contribution < -0.4 is 10.6 Å². The van der Waals surface area contributed by atoms with Gasteiger partial charge in [0.15, 0.2) is 6.17 Å². The molecule has 4 nitrogen and oxygen atoms in total. The minimum Gasteiger partial charge on any atom is -0.359 e. The van der Waals surface area contributed by atoms with E-state index in [4.69, 9.17) is 0 Å². The van der Waals surface area contributed by atoms with Gasteiger partial charge in [-0.3, -0.25) is 4.79 Å². The molecule has 0 saturated carbocycles. The van der Waals surface area contributed by atoms with Crippen molar-refractivity contribution in [1.82, 2.24) is 10.3 Å². The summed E-state index contributed by atoms with van der Waals surface area (Å²) >= 11 is 1.52. The molecule has 1 aromatic carbocycles. The van der Waals surface area contributed by atoms with Gasteiger partial charge in [-0.2, -0.15) is 0 Å². The fraction of sp³-hybridized carbons (Fsp3) is 0.0909. The van der Waals surface area contributed by atoms with Gasteiger partial charge in [0.1, 0.15) is 5.01 Å². The molecule has 5 heteroatoms. The molecule has 1 atom stereocenters. The molecule has 16 heavy (non-hydrogen) atoms. The lowest BCUT2D eigenvalue weighted by molar-refractivity contribution is 0.0935. The molecule has 2 aromatic rings. The highest BCUT2D eigenvalue weighted by Crippen LogP contribution is 2.26. The van der Waals surface area contributed by atoms with Crippen LogP contribution in [0.5, 0.6) is 0 Å². The first-order chi connectivity index (χ1) is 7.84. The first-order valence-corrected chi connectivity index (χ1v) is 5.78. The molecule has 80 valence electrons. The Hall–Kier alpha value is -1.88. The van der Waals surface area contributed by atoms with Crippen molar-refractivity contribution in [2.75, 3.05) is 5.32 Å². The number of anilines is 1. The molecular formula is C11H9N3OS. The topological polar surface area (TPSA) is 54.0 Å². The number of benzene rings is 1. The Balaban J connectivity index is 1.98. The van der Waals surface area contributed by atoms with Gasteiger partial charge in [0.25, 0.3) is 5.91 Å². The van der Waals surface area contributed by atoms with Crippen molar-refractivity contribution >= 4 is 22.9 Å². The molecule has 0 fully saturated rings. The number of para-hydroxylation sites is 1. The normalized spacial score (nSPS) is 18.5. The maximum absolute atomic E-state index is 11.8. The summed E-state index contributed by atoms with van der Waals surface area (Å²) in [5.41, 5.74) is 1.53. The van der Waals surface area contributed by atoms with Crippen LogP contribution in [-0.4, -0.2) is 10.9 Å². The predicted octanol–water partition coefficient (Wildman–Crippen LogP) is 2.00. The van der Waals surface area contributed by atoms with E-state index in [0.717, 1.165) is 10.7 Å². The first-order valence-electron chi connectivity index (χ1n) is 4.90. The Morgan fingerprint density at radius 1 is 1.25 bits per heavy atom. The number of nitrogens with zero attached hydrogens (tertiary/aromatic N) is 1. The molecule has 1 unspecified atom stereocenters. The smallest absolute Gasteiger partial charge is 0.255 e. The lowest BCUT2D eigenvalue weighted by atomic mass is 10.1. The van der Waals surface area contributed by atoms with E-state index in [1.165, 1.54) is 11.3 Å². The van der Waals surface area contributed by atoms with Gasteiger partial charge in [-0.25, -0.2) is 4.98 Å². The Kier molecular flexibility index (Phi) is 2.11. The van der Waals surface area contributed by atoms with Gasteiger partial charge < -0.3 is 10.6 Å². The Labute approximate surface area is 96.3 Å². The number of hydrogen-bond donors (Lipinski definition) is 2. The number of aromatic nitrogens is 1. The monoisotopic (exact) mass is 231 g/mol. The molecule has 0 saturated heterocycles. The molecule has 3 rings (SSSR count). The quantitative estimate of drug-likeness (QED) is 0.789. The van der Waals surface area contributed by atoms with E-state index in [0.29, 0.717) is 5.56 Å². The average molecular weight is 231 g/mol. The third kappa shape index (κ3) is 1.45. The summed E-state index contributed by atoms with van der Waals surface area (Å²) in [6.07, 6.45) is 1.51. The van der Waals surface area contributed by atoms with Gasteiger partial charge in [-0.05, 0) is 12.1 Å². The zero-order valence-electron chi connectivity index (χ0n) is 8.31. The lowest BCUT2D eigenvalue weighted by Gasteiger charge is -2.26. The second-order valence-electron chi connectivity index (χ2n) is 3.47. The van der Waals surface area contributed by atoms with Crippen LogP contribution in [0.25, 0.3) is 0 Å². The van der Waals surface area contributed by atoms with Crippen molar-refractivity contribution in [1.29, 1.82) is 0 Å². The minimum atomic E-state index is -0.220. The van der Waals surface area contributed by atoms with E-state index >= 15 is 0 Å². The van der Waals surface area contributed by atoms with E-state index in [-0.39, 0.29) is 12.1 Å². The van der Waals surface area contributed by atoms with Crippen LogP contribution in [0.2, 0.25) is 0 Å². The van der Waals surface area contributed by atoms with Gasteiger partial charge in [-0.1, -0.05) is 12.1 Å². The average Bonchev–Trinajstić information content (AvgIpc) is 2.82. The van der Waals surface area contributed by atoms with Gasteiger partial charge in [0.2, 0.25) is 0 Å². The van der Waals surface area contributed by atoms with Crippen molar-refractivity contribution < 1.29 is 4.79 Å². The van der Waals surface area contributed by atoms with Crippen molar-refractivity contribution in [3.63, 3.8) is 0 Å². The largest absolute Gasteiger partial charge is 0.359 e. The number of carbonyl (C=O) groups is 1. The maximum Gasteiger partial charge on any atom is 0.255 e. The number of hydrogen-bond acceptors (Lipinski definition) is 4. The standard InChI is InChI=1S/C11H9N3OS/c15-10-7-3-1-2-4-8(7)13-9(14-10)11-12-5-6-16-11/h1-6,9,13H,(H,14,15). The third-order valence-electron chi connectivity index (χ3n) is 2.45. The zero-order chi connectivity index (χ0) is 11.0. The Morgan fingerprint density at radius 3 is 2.94 bits per heavy atom. The van der Waals surface area contributed by atoms with Crippen LogP contribution in [-0.2, 0) is 0 Å². The summed E-state index contributed by atoms with van der Waals surface area (Å²) < 4.78 is 0. The Bertz CT molecular complexity index is 524. The first kappa shape index (κ1) is 9.35. The predicted molar refractivity (Wildman–Crippen MR) is 62.4 cm³/mol. The minimum absolute atomic E-state index is 0.0606. The van der Waals surface area contributed by atoms with Gasteiger partial charge >= 0.3 is 0 Å².